The lowest BCUT2D eigenvalue weighted by molar-refractivity contribution is -0.125. The first-order chi connectivity index (χ1) is 14.7. The van der Waals surface area contributed by atoms with Crippen LogP contribution < -0.4 is 5.32 Å². The second kappa shape index (κ2) is 9.45. The summed E-state index contributed by atoms with van der Waals surface area (Å²) in [5, 5.41) is 3.12. The number of benzene rings is 3. The molecule has 31 heavy (non-hydrogen) atoms. The van der Waals surface area contributed by atoms with E-state index in [1.807, 2.05) is 62.4 Å². The number of nitrogens with zero attached hydrogens (tertiary/aromatic N) is 1. The van der Waals surface area contributed by atoms with Crippen molar-refractivity contribution in [2.75, 3.05) is 13.3 Å². The van der Waals surface area contributed by atoms with E-state index in [2.05, 4.69) is 11.4 Å². The second-order valence-electron chi connectivity index (χ2n) is 7.80. The Kier molecular flexibility index (Phi) is 6.93. The third kappa shape index (κ3) is 5.40. The van der Waals surface area contributed by atoms with Crippen LogP contribution in [-0.2, 0) is 14.8 Å². The first-order valence-corrected chi connectivity index (χ1v) is 11.9. The van der Waals surface area contributed by atoms with Crippen LogP contribution in [0, 0.1) is 13.8 Å². The Morgan fingerprint density at radius 3 is 1.94 bits per heavy atom. The van der Waals surface area contributed by atoms with Gasteiger partial charge in [-0.15, -0.1) is 0 Å². The Labute approximate surface area is 184 Å². The lowest BCUT2D eigenvalue weighted by Crippen LogP contribution is -2.42. The Morgan fingerprint density at radius 1 is 0.871 bits per heavy atom. The summed E-state index contributed by atoms with van der Waals surface area (Å²) in [5.74, 6) is -0.382. The lowest BCUT2D eigenvalue weighted by Gasteiger charge is -2.29. The summed E-state index contributed by atoms with van der Waals surface area (Å²) in [6, 6.07) is 23.4. The molecule has 0 radical (unpaired) electrons. The molecule has 0 spiro atoms. The van der Waals surface area contributed by atoms with Crippen molar-refractivity contribution in [3.63, 3.8) is 0 Å². The van der Waals surface area contributed by atoms with Gasteiger partial charge in [0.1, 0.15) is 6.04 Å². The van der Waals surface area contributed by atoms with E-state index in [-0.39, 0.29) is 5.91 Å². The normalized spacial score (nSPS) is 13.6. The van der Waals surface area contributed by atoms with E-state index in [9.17, 15) is 13.2 Å². The second-order valence-corrected chi connectivity index (χ2v) is 9.85. The number of amides is 1. The minimum absolute atomic E-state index is 0.382. The van der Waals surface area contributed by atoms with E-state index >= 15 is 0 Å². The van der Waals surface area contributed by atoms with E-state index < -0.39 is 22.1 Å². The summed E-state index contributed by atoms with van der Waals surface area (Å²) in [7, 11) is -2.17. The van der Waals surface area contributed by atoms with Crippen LogP contribution in [0.3, 0.4) is 0 Å². The van der Waals surface area contributed by atoms with Crippen molar-refractivity contribution >= 4 is 15.9 Å². The number of hydrogen-bond acceptors (Lipinski definition) is 3. The molecular formula is C25H28N2O3S. The van der Waals surface area contributed by atoms with Crippen molar-refractivity contribution in [2.45, 2.75) is 25.9 Å². The molecule has 0 aliphatic rings. The molecule has 0 saturated carbocycles. The molecule has 5 nitrogen and oxygen atoms in total. The maximum absolute atomic E-state index is 13.5. The summed E-state index contributed by atoms with van der Waals surface area (Å²) in [4.78, 5) is 13.5. The van der Waals surface area contributed by atoms with E-state index in [0.29, 0.717) is 5.56 Å². The van der Waals surface area contributed by atoms with Gasteiger partial charge in [0.2, 0.25) is 15.9 Å². The molecule has 0 saturated heterocycles. The molecule has 1 N–H and O–H groups in total. The number of nitrogens with one attached hydrogen (secondary N) is 1. The molecule has 0 fully saturated rings. The zero-order valence-electron chi connectivity index (χ0n) is 18.2. The molecule has 6 heteroatoms. The summed E-state index contributed by atoms with van der Waals surface area (Å²) in [6.45, 7) is 4.04. The van der Waals surface area contributed by atoms with Gasteiger partial charge in [0.15, 0.2) is 0 Å². The van der Waals surface area contributed by atoms with Crippen molar-refractivity contribution in [1.82, 2.24) is 9.62 Å². The van der Waals surface area contributed by atoms with Crippen LogP contribution >= 0.6 is 0 Å². The summed E-state index contributed by atoms with van der Waals surface area (Å²) in [5.41, 5.74) is 4.70. The van der Waals surface area contributed by atoms with Gasteiger partial charge >= 0.3 is 0 Å². The van der Waals surface area contributed by atoms with E-state index in [4.69, 9.17) is 0 Å². The maximum atomic E-state index is 13.5. The topological polar surface area (TPSA) is 66.5 Å². The fraction of sp³-hybridized carbons (Fsp3) is 0.240. The smallest absolute Gasteiger partial charge is 0.243 e. The Hall–Kier alpha value is -2.96. The Morgan fingerprint density at radius 2 is 1.42 bits per heavy atom. The van der Waals surface area contributed by atoms with Gasteiger partial charge in [-0.25, -0.2) is 8.42 Å². The number of aryl methyl sites for hydroxylation is 2. The molecule has 1 amide bonds. The number of carbonyl (C=O) groups excluding carboxylic acids is 1. The summed E-state index contributed by atoms with van der Waals surface area (Å²) < 4.78 is 25.7. The molecule has 0 aromatic heterocycles. The standard InChI is InChI=1S/C25H28N2O3S/c1-18-15-16-22(19(2)17-18)23(20-11-7-5-8-12-20)26-25(28)24(27(3)31(4,29)30)21-13-9-6-10-14-21/h5-17,23-24H,1-4H3,(H,26,28)/t23-,24-/m1/s1. The van der Waals surface area contributed by atoms with Crippen LogP contribution in [0.2, 0.25) is 0 Å². The zero-order valence-corrected chi connectivity index (χ0v) is 19.1. The van der Waals surface area contributed by atoms with Gasteiger partial charge in [-0.2, -0.15) is 4.31 Å². The molecule has 3 rings (SSSR count). The predicted octanol–water partition coefficient (Wildman–Crippen LogP) is 4.14. The highest BCUT2D eigenvalue weighted by atomic mass is 32.2. The number of carbonyl (C=O) groups is 1. The monoisotopic (exact) mass is 436 g/mol. The summed E-state index contributed by atoms with van der Waals surface area (Å²) >= 11 is 0. The van der Waals surface area contributed by atoms with Crippen molar-refractivity contribution < 1.29 is 13.2 Å². The van der Waals surface area contributed by atoms with Gasteiger partial charge in [-0.05, 0) is 36.1 Å². The largest absolute Gasteiger partial charge is 0.343 e. The van der Waals surface area contributed by atoms with E-state index in [1.165, 1.54) is 7.05 Å². The quantitative estimate of drug-likeness (QED) is 0.605. The van der Waals surface area contributed by atoms with Gasteiger partial charge in [0.25, 0.3) is 0 Å². The SMILES string of the molecule is Cc1ccc([C@H](NC(=O)[C@@H](c2ccccc2)N(C)S(C)(=O)=O)c2ccccc2)c(C)c1. The number of hydrogen-bond donors (Lipinski definition) is 1. The third-order valence-corrected chi connectivity index (χ3v) is 6.66. The minimum Gasteiger partial charge on any atom is -0.343 e. The minimum atomic E-state index is -3.60. The van der Waals surface area contributed by atoms with Gasteiger partial charge < -0.3 is 5.32 Å². The Bertz CT molecular complexity index is 1150. The molecule has 0 heterocycles. The predicted molar refractivity (Wildman–Crippen MR) is 124 cm³/mol. The Balaban J connectivity index is 2.05. The molecule has 0 bridgehead atoms. The van der Waals surface area contributed by atoms with Crippen LogP contribution in [-0.4, -0.2) is 31.9 Å². The number of rotatable bonds is 7. The van der Waals surface area contributed by atoms with E-state index in [0.717, 1.165) is 32.8 Å². The lowest BCUT2D eigenvalue weighted by atomic mass is 9.93. The van der Waals surface area contributed by atoms with Gasteiger partial charge in [0.05, 0.1) is 12.3 Å². The van der Waals surface area contributed by atoms with Crippen LogP contribution in [0.1, 0.15) is 39.9 Å². The average molecular weight is 437 g/mol. The third-order valence-electron chi connectivity index (χ3n) is 5.41. The highest BCUT2D eigenvalue weighted by Crippen LogP contribution is 2.28. The fourth-order valence-corrected chi connectivity index (χ4v) is 4.31. The first kappa shape index (κ1) is 22.7. The molecule has 2 atom stereocenters. The highest BCUT2D eigenvalue weighted by molar-refractivity contribution is 7.88. The van der Waals surface area contributed by atoms with Crippen LogP contribution in [0.5, 0.6) is 0 Å². The molecule has 3 aromatic rings. The maximum Gasteiger partial charge on any atom is 0.243 e. The molecule has 0 aliphatic carbocycles. The average Bonchev–Trinajstić information content (AvgIpc) is 2.73. The summed E-state index contributed by atoms with van der Waals surface area (Å²) in [6.07, 6.45) is 1.11. The fourth-order valence-electron chi connectivity index (χ4n) is 3.71. The molecule has 162 valence electrons. The van der Waals surface area contributed by atoms with Gasteiger partial charge in [-0.3, -0.25) is 4.79 Å². The van der Waals surface area contributed by atoms with Crippen molar-refractivity contribution in [2.24, 2.45) is 0 Å². The molecule has 0 unspecified atom stereocenters. The van der Waals surface area contributed by atoms with Crippen LogP contribution in [0.4, 0.5) is 0 Å². The molecule has 3 aromatic carbocycles. The number of likely N-dealkylation sites (N-methyl/N-ethyl adjacent to an activating group) is 1. The first-order valence-electron chi connectivity index (χ1n) is 10.1. The number of sulfonamides is 1. The van der Waals surface area contributed by atoms with Gasteiger partial charge in [-0.1, -0.05) is 84.4 Å². The van der Waals surface area contributed by atoms with Crippen molar-refractivity contribution in [3.8, 4) is 0 Å². The van der Waals surface area contributed by atoms with Gasteiger partial charge in [0, 0.05) is 7.05 Å². The molecule has 0 aliphatic heterocycles. The van der Waals surface area contributed by atoms with Crippen LogP contribution in [0.15, 0.2) is 78.9 Å². The van der Waals surface area contributed by atoms with E-state index in [1.54, 1.807) is 24.3 Å². The van der Waals surface area contributed by atoms with Crippen LogP contribution in [0.25, 0.3) is 0 Å². The van der Waals surface area contributed by atoms with Crippen molar-refractivity contribution in [3.05, 3.63) is 107 Å². The van der Waals surface area contributed by atoms with Crippen molar-refractivity contribution in [1.29, 1.82) is 0 Å². The highest BCUT2D eigenvalue weighted by Gasteiger charge is 2.32. The zero-order chi connectivity index (χ0) is 22.6. The molecular weight excluding hydrogens is 408 g/mol.